The van der Waals surface area contributed by atoms with Crippen LogP contribution in [-0.2, 0) is 25.8 Å². The first kappa shape index (κ1) is 25.6. The van der Waals surface area contributed by atoms with E-state index in [1.165, 1.54) is 6.07 Å². The zero-order valence-electron chi connectivity index (χ0n) is 19.8. The van der Waals surface area contributed by atoms with Gasteiger partial charge in [0, 0.05) is 37.2 Å². The minimum atomic E-state index is -4.39. The Bertz CT molecular complexity index is 1330. The number of halogens is 3. The van der Waals surface area contributed by atoms with E-state index in [4.69, 9.17) is 0 Å². The van der Waals surface area contributed by atoms with Gasteiger partial charge in [-0.25, -0.2) is 9.78 Å². The molecule has 4 rings (SSSR count). The number of carbonyl (C=O) groups excluding carboxylic acids is 1. The quantitative estimate of drug-likeness (QED) is 0.206. The summed E-state index contributed by atoms with van der Waals surface area (Å²) < 4.78 is 39.0. The number of aromatic nitrogens is 1. The van der Waals surface area contributed by atoms with E-state index in [1.807, 2.05) is 60.7 Å². The average Bonchev–Trinajstić information content (AvgIpc) is 2.90. The van der Waals surface area contributed by atoms with Crippen molar-refractivity contribution < 1.29 is 18.0 Å². The number of nitrogens with zero attached hydrogens (tertiary/aromatic N) is 1. The predicted octanol–water partition coefficient (Wildman–Crippen LogP) is 6.65. The van der Waals surface area contributed by atoms with Crippen molar-refractivity contribution in [1.82, 2.24) is 10.3 Å². The van der Waals surface area contributed by atoms with Gasteiger partial charge in [-0.15, -0.1) is 0 Å². The maximum absolute atomic E-state index is 13.0. The first-order valence-electron chi connectivity index (χ1n) is 11.6. The third-order valence-corrected chi connectivity index (χ3v) is 5.54. The molecule has 0 aliphatic rings. The van der Waals surface area contributed by atoms with Crippen LogP contribution in [0.2, 0.25) is 0 Å². The van der Waals surface area contributed by atoms with Crippen molar-refractivity contribution in [3.8, 4) is 0 Å². The lowest BCUT2D eigenvalue weighted by Gasteiger charge is -2.15. The number of rotatable bonds is 9. The second-order valence-corrected chi connectivity index (χ2v) is 8.29. The van der Waals surface area contributed by atoms with Crippen molar-refractivity contribution in [2.24, 2.45) is 0 Å². The van der Waals surface area contributed by atoms with Crippen LogP contribution in [0.15, 0.2) is 97.2 Å². The minimum absolute atomic E-state index is 0.342. The topological polar surface area (TPSA) is 78.1 Å². The Kier molecular flexibility index (Phi) is 8.25. The van der Waals surface area contributed by atoms with Crippen molar-refractivity contribution in [2.75, 3.05) is 16.0 Å². The fourth-order valence-corrected chi connectivity index (χ4v) is 3.64. The molecule has 0 fully saturated rings. The van der Waals surface area contributed by atoms with Crippen LogP contribution in [-0.4, -0.2) is 11.0 Å². The highest BCUT2D eigenvalue weighted by molar-refractivity contribution is 5.88. The second kappa shape index (κ2) is 11.9. The van der Waals surface area contributed by atoms with Gasteiger partial charge >= 0.3 is 12.2 Å². The molecule has 0 saturated carbocycles. The summed E-state index contributed by atoms with van der Waals surface area (Å²) in [5.74, 6) is 0.421. The Morgan fingerprint density at radius 1 is 0.757 bits per heavy atom. The molecular formula is C28H26F3N5O. The molecule has 6 nitrogen and oxygen atoms in total. The summed E-state index contributed by atoms with van der Waals surface area (Å²) >= 11 is 0. The molecule has 190 valence electrons. The monoisotopic (exact) mass is 505 g/mol. The van der Waals surface area contributed by atoms with Crippen molar-refractivity contribution in [1.29, 1.82) is 0 Å². The van der Waals surface area contributed by atoms with Gasteiger partial charge in [-0.05, 0) is 53.1 Å². The Hall–Kier alpha value is -4.53. The maximum Gasteiger partial charge on any atom is 0.416 e. The molecule has 9 heteroatoms. The Labute approximate surface area is 213 Å². The fraction of sp³-hybridized carbons (Fsp3) is 0.143. The molecule has 0 saturated heterocycles. The lowest BCUT2D eigenvalue weighted by molar-refractivity contribution is -0.137. The number of carbonyl (C=O) groups is 1. The van der Waals surface area contributed by atoms with Gasteiger partial charge in [0.2, 0.25) is 0 Å². The summed E-state index contributed by atoms with van der Waals surface area (Å²) in [7, 11) is 0. The number of nitrogens with one attached hydrogen (secondary N) is 4. The number of para-hydroxylation sites is 1. The van der Waals surface area contributed by atoms with Crippen molar-refractivity contribution in [3.63, 3.8) is 0 Å². The van der Waals surface area contributed by atoms with Crippen LogP contribution in [0.3, 0.4) is 0 Å². The molecule has 0 radical (unpaired) electrons. The number of alkyl halides is 3. The summed E-state index contributed by atoms with van der Waals surface area (Å²) in [6.07, 6.45) is -2.77. The van der Waals surface area contributed by atoms with Crippen molar-refractivity contribution in [2.45, 2.75) is 25.8 Å². The van der Waals surface area contributed by atoms with Gasteiger partial charge in [-0.2, -0.15) is 13.2 Å². The molecule has 0 aliphatic carbocycles. The van der Waals surface area contributed by atoms with E-state index in [-0.39, 0.29) is 6.03 Å². The molecule has 0 aliphatic heterocycles. The maximum atomic E-state index is 13.0. The summed E-state index contributed by atoms with van der Waals surface area (Å²) in [6.45, 7) is 1.21. The number of anilines is 3. The van der Waals surface area contributed by atoms with Gasteiger partial charge in [-0.1, -0.05) is 54.6 Å². The van der Waals surface area contributed by atoms with Gasteiger partial charge < -0.3 is 16.0 Å². The third-order valence-electron chi connectivity index (χ3n) is 5.54. The highest BCUT2D eigenvalue weighted by Crippen LogP contribution is 2.31. The largest absolute Gasteiger partial charge is 0.416 e. The SMILES string of the molecule is O=C(NCc1ccccc1)Nc1cc(CNc2ccccc2CNc2cccc(C(F)(F)F)c2)ccn1. The van der Waals surface area contributed by atoms with E-state index in [2.05, 4.69) is 26.3 Å². The molecule has 4 aromatic rings. The average molecular weight is 506 g/mol. The van der Waals surface area contributed by atoms with Crippen LogP contribution in [0.1, 0.15) is 22.3 Å². The van der Waals surface area contributed by atoms with Gasteiger partial charge in [0.25, 0.3) is 0 Å². The second-order valence-electron chi connectivity index (χ2n) is 8.29. The molecule has 0 unspecified atom stereocenters. The summed E-state index contributed by atoms with van der Waals surface area (Å²) in [6, 6.07) is 25.5. The number of benzene rings is 3. The van der Waals surface area contributed by atoms with E-state index in [9.17, 15) is 18.0 Å². The molecule has 2 amide bonds. The van der Waals surface area contributed by atoms with Crippen molar-refractivity contribution >= 4 is 23.2 Å². The van der Waals surface area contributed by atoms with Crippen LogP contribution in [0.5, 0.6) is 0 Å². The van der Waals surface area contributed by atoms with E-state index in [0.717, 1.165) is 34.5 Å². The zero-order chi connectivity index (χ0) is 26.1. The number of urea groups is 1. The summed E-state index contributed by atoms with van der Waals surface area (Å²) in [5.41, 5.74) is 3.32. The van der Waals surface area contributed by atoms with Gasteiger partial charge in [0.15, 0.2) is 0 Å². The van der Waals surface area contributed by atoms with Gasteiger partial charge in [-0.3, -0.25) is 5.32 Å². The molecular weight excluding hydrogens is 479 g/mol. The highest BCUT2D eigenvalue weighted by atomic mass is 19.4. The van der Waals surface area contributed by atoms with E-state index in [1.54, 1.807) is 18.3 Å². The molecule has 1 aromatic heterocycles. The van der Waals surface area contributed by atoms with Crippen LogP contribution < -0.4 is 21.3 Å². The molecule has 3 aromatic carbocycles. The molecule has 0 spiro atoms. The van der Waals surface area contributed by atoms with Crippen molar-refractivity contribution in [3.05, 3.63) is 119 Å². The first-order chi connectivity index (χ1) is 17.9. The minimum Gasteiger partial charge on any atom is -0.381 e. The van der Waals surface area contributed by atoms with E-state index < -0.39 is 11.7 Å². The number of hydrogen-bond acceptors (Lipinski definition) is 4. The normalized spacial score (nSPS) is 11.0. The standard InChI is InChI=1S/C28H26F3N5O/c29-28(30,31)23-10-6-11-24(16-23)33-19-22-9-4-5-12-25(22)34-18-21-13-14-32-26(15-21)36-27(37)35-17-20-7-2-1-3-8-20/h1-16,33-34H,17-19H2,(H2,32,35,36,37). The lowest BCUT2D eigenvalue weighted by atomic mass is 10.1. The summed E-state index contributed by atoms with van der Waals surface area (Å²) in [5, 5.41) is 11.9. The van der Waals surface area contributed by atoms with Crippen LogP contribution in [0.4, 0.5) is 35.2 Å². The fourth-order valence-electron chi connectivity index (χ4n) is 3.64. The number of amides is 2. The molecule has 0 bridgehead atoms. The van der Waals surface area contributed by atoms with E-state index in [0.29, 0.717) is 31.1 Å². The van der Waals surface area contributed by atoms with Crippen LogP contribution >= 0.6 is 0 Å². The predicted molar refractivity (Wildman–Crippen MR) is 139 cm³/mol. The zero-order valence-corrected chi connectivity index (χ0v) is 19.8. The molecule has 37 heavy (non-hydrogen) atoms. The third kappa shape index (κ3) is 7.73. The number of hydrogen-bond donors (Lipinski definition) is 4. The first-order valence-corrected chi connectivity index (χ1v) is 11.6. The highest BCUT2D eigenvalue weighted by Gasteiger charge is 2.30. The summed E-state index contributed by atoms with van der Waals surface area (Å²) in [4.78, 5) is 16.4. The van der Waals surface area contributed by atoms with E-state index >= 15 is 0 Å². The smallest absolute Gasteiger partial charge is 0.381 e. The van der Waals surface area contributed by atoms with Crippen LogP contribution in [0, 0.1) is 0 Å². The number of pyridine rings is 1. The molecule has 4 N–H and O–H groups in total. The van der Waals surface area contributed by atoms with Crippen LogP contribution in [0.25, 0.3) is 0 Å². The van der Waals surface area contributed by atoms with Gasteiger partial charge in [0.1, 0.15) is 5.82 Å². The Morgan fingerprint density at radius 2 is 1.54 bits per heavy atom. The molecule has 1 heterocycles. The Balaban J connectivity index is 1.33. The van der Waals surface area contributed by atoms with Gasteiger partial charge in [0.05, 0.1) is 5.56 Å². The Morgan fingerprint density at radius 3 is 2.35 bits per heavy atom. The lowest BCUT2D eigenvalue weighted by Crippen LogP contribution is -2.28. The molecule has 0 atom stereocenters.